The molecule has 0 unspecified atom stereocenters. The number of anilines is 1. The summed E-state index contributed by atoms with van der Waals surface area (Å²) < 4.78 is 28.1. The molecule has 1 fully saturated rings. The van der Waals surface area contributed by atoms with Gasteiger partial charge in [0, 0.05) is 45.1 Å². The number of nitrogens with zero attached hydrogens (tertiary/aromatic N) is 3. The summed E-state index contributed by atoms with van der Waals surface area (Å²) in [5.41, 5.74) is 2.84. The summed E-state index contributed by atoms with van der Waals surface area (Å²) in [6.45, 7) is 5.60. The van der Waals surface area contributed by atoms with Crippen molar-refractivity contribution in [2.45, 2.75) is 63.3 Å². The molecule has 0 aliphatic carbocycles. The molecule has 0 aromatic heterocycles. The van der Waals surface area contributed by atoms with Crippen molar-refractivity contribution in [3.8, 4) is 0 Å². The fourth-order valence-electron chi connectivity index (χ4n) is 4.71. The Hall–Kier alpha value is -1.93. The van der Waals surface area contributed by atoms with Crippen LogP contribution in [0.4, 0.5) is 5.69 Å². The third kappa shape index (κ3) is 3.57. The lowest BCUT2D eigenvalue weighted by molar-refractivity contribution is -0.132. The van der Waals surface area contributed by atoms with E-state index in [1.54, 1.807) is 17.0 Å². The Morgan fingerprint density at radius 1 is 1.10 bits per heavy atom. The maximum atomic E-state index is 13.3. The van der Waals surface area contributed by atoms with Crippen molar-refractivity contribution in [2.75, 3.05) is 31.1 Å². The number of rotatable bonds is 5. The third-order valence-electron chi connectivity index (χ3n) is 6.29. The Balaban J connectivity index is 1.53. The number of sulfonamides is 1. The van der Waals surface area contributed by atoms with E-state index in [4.69, 9.17) is 0 Å². The molecule has 0 bridgehead atoms. The van der Waals surface area contributed by atoms with E-state index in [0.29, 0.717) is 56.8 Å². The first kappa shape index (κ1) is 20.3. The number of carbonyl (C=O) groups excluding carboxylic acids is 2. The third-order valence-corrected chi connectivity index (χ3v) is 8.16. The molecular formula is C21H29N3O4S. The SMILES string of the molecule is CCCCC(=O)N1CCN(S(=O)(=O)c2cc3c4c(c2)C[C@@H](C)N4C(=O)CC3)CC1. The molecule has 2 amide bonds. The van der Waals surface area contributed by atoms with Crippen molar-refractivity contribution in [2.24, 2.45) is 0 Å². The van der Waals surface area contributed by atoms with Gasteiger partial charge in [0.25, 0.3) is 0 Å². The van der Waals surface area contributed by atoms with Crippen LogP contribution in [0.25, 0.3) is 0 Å². The molecule has 0 radical (unpaired) electrons. The van der Waals surface area contributed by atoms with Crippen molar-refractivity contribution < 1.29 is 18.0 Å². The summed E-state index contributed by atoms with van der Waals surface area (Å²) in [7, 11) is -3.61. The predicted octanol–water partition coefficient (Wildman–Crippen LogP) is 1.93. The summed E-state index contributed by atoms with van der Waals surface area (Å²) in [6.07, 6.45) is 4.09. The summed E-state index contributed by atoms with van der Waals surface area (Å²) in [5, 5.41) is 0. The van der Waals surface area contributed by atoms with Crippen LogP contribution in [-0.4, -0.2) is 61.7 Å². The summed E-state index contributed by atoms with van der Waals surface area (Å²) in [5.74, 6) is 0.243. The van der Waals surface area contributed by atoms with Gasteiger partial charge in [-0.3, -0.25) is 9.59 Å². The molecule has 3 heterocycles. The Kier molecular flexibility index (Phi) is 5.42. The Labute approximate surface area is 172 Å². The van der Waals surface area contributed by atoms with Gasteiger partial charge in [0.1, 0.15) is 0 Å². The van der Waals surface area contributed by atoms with Gasteiger partial charge in [0.05, 0.1) is 10.6 Å². The van der Waals surface area contributed by atoms with E-state index in [9.17, 15) is 18.0 Å². The van der Waals surface area contributed by atoms with Crippen molar-refractivity contribution in [1.82, 2.24) is 9.21 Å². The fourth-order valence-corrected chi connectivity index (χ4v) is 6.23. The topological polar surface area (TPSA) is 78.0 Å². The minimum absolute atomic E-state index is 0.0761. The van der Waals surface area contributed by atoms with Gasteiger partial charge in [-0.05, 0) is 49.4 Å². The molecule has 158 valence electrons. The van der Waals surface area contributed by atoms with Gasteiger partial charge in [-0.25, -0.2) is 8.42 Å². The van der Waals surface area contributed by atoms with Crippen LogP contribution in [0.15, 0.2) is 17.0 Å². The van der Waals surface area contributed by atoms with E-state index in [0.717, 1.165) is 29.7 Å². The van der Waals surface area contributed by atoms with Crippen LogP contribution in [0, 0.1) is 0 Å². The van der Waals surface area contributed by atoms with E-state index in [1.807, 2.05) is 11.8 Å². The number of piperazine rings is 1. The normalized spacial score (nSPS) is 22.1. The Bertz CT molecular complexity index is 935. The molecule has 0 N–H and O–H groups in total. The quantitative estimate of drug-likeness (QED) is 0.731. The molecule has 1 atom stereocenters. The van der Waals surface area contributed by atoms with E-state index in [2.05, 4.69) is 6.92 Å². The smallest absolute Gasteiger partial charge is 0.243 e. The maximum absolute atomic E-state index is 13.3. The zero-order valence-corrected chi connectivity index (χ0v) is 18.0. The van der Waals surface area contributed by atoms with Gasteiger partial charge >= 0.3 is 0 Å². The highest BCUT2D eigenvalue weighted by molar-refractivity contribution is 7.89. The molecule has 8 heteroatoms. The van der Waals surface area contributed by atoms with Gasteiger partial charge in [-0.2, -0.15) is 4.31 Å². The van der Waals surface area contributed by atoms with Crippen LogP contribution in [0.3, 0.4) is 0 Å². The zero-order chi connectivity index (χ0) is 20.8. The molecular weight excluding hydrogens is 390 g/mol. The van der Waals surface area contributed by atoms with Crippen molar-refractivity contribution >= 4 is 27.5 Å². The van der Waals surface area contributed by atoms with Crippen LogP contribution in [-0.2, 0) is 32.5 Å². The van der Waals surface area contributed by atoms with Gasteiger partial charge in [-0.1, -0.05) is 13.3 Å². The average molecular weight is 420 g/mol. The highest BCUT2D eigenvalue weighted by Crippen LogP contribution is 2.41. The zero-order valence-electron chi connectivity index (χ0n) is 17.2. The van der Waals surface area contributed by atoms with Gasteiger partial charge < -0.3 is 9.80 Å². The molecule has 0 spiro atoms. The van der Waals surface area contributed by atoms with Crippen molar-refractivity contribution in [1.29, 1.82) is 0 Å². The molecule has 1 aromatic rings. The van der Waals surface area contributed by atoms with E-state index in [-0.39, 0.29) is 17.9 Å². The molecule has 29 heavy (non-hydrogen) atoms. The van der Waals surface area contributed by atoms with Crippen molar-refractivity contribution in [3.05, 3.63) is 23.3 Å². The summed E-state index contributed by atoms with van der Waals surface area (Å²) in [4.78, 5) is 28.4. The molecule has 0 saturated carbocycles. The molecule has 1 saturated heterocycles. The van der Waals surface area contributed by atoms with Crippen LogP contribution in [0.5, 0.6) is 0 Å². The first-order valence-electron chi connectivity index (χ1n) is 10.6. The number of amides is 2. The highest BCUT2D eigenvalue weighted by Gasteiger charge is 2.38. The minimum atomic E-state index is -3.61. The summed E-state index contributed by atoms with van der Waals surface area (Å²) in [6, 6.07) is 3.58. The standard InChI is InChI=1S/C21H29N3O4S/c1-3-4-5-19(25)22-8-10-23(11-9-22)29(27,28)18-13-16-6-7-20(26)24-15(2)12-17(14-18)21(16)24/h13-15H,3-12H2,1-2H3/t15-/m1/s1. The van der Waals surface area contributed by atoms with Crippen LogP contribution < -0.4 is 4.90 Å². The van der Waals surface area contributed by atoms with Crippen LogP contribution in [0.2, 0.25) is 0 Å². The lowest BCUT2D eigenvalue weighted by Gasteiger charge is -2.34. The Morgan fingerprint density at radius 3 is 2.48 bits per heavy atom. The molecule has 3 aliphatic rings. The second kappa shape index (κ2) is 7.72. The molecule has 7 nitrogen and oxygen atoms in total. The first-order chi connectivity index (χ1) is 13.8. The van der Waals surface area contributed by atoms with E-state index >= 15 is 0 Å². The van der Waals surface area contributed by atoms with Gasteiger partial charge in [0.15, 0.2) is 0 Å². The predicted molar refractivity (Wildman–Crippen MR) is 110 cm³/mol. The molecule has 1 aromatic carbocycles. The molecule has 4 rings (SSSR count). The van der Waals surface area contributed by atoms with Gasteiger partial charge in [-0.15, -0.1) is 0 Å². The number of aryl methyl sites for hydroxylation is 1. The average Bonchev–Trinajstić information content (AvgIpc) is 3.06. The summed E-state index contributed by atoms with van der Waals surface area (Å²) >= 11 is 0. The van der Waals surface area contributed by atoms with Gasteiger partial charge in [0.2, 0.25) is 21.8 Å². The number of hydrogen-bond acceptors (Lipinski definition) is 4. The van der Waals surface area contributed by atoms with E-state index in [1.165, 1.54) is 4.31 Å². The minimum Gasteiger partial charge on any atom is -0.340 e. The number of hydrogen-bond donors (Lipinski definition) is 0. The lowest BCUT2D eigenvalue weighted by atomic mass is 10.00. The van der Waals surface area contributed by atoms with Crippen LogP contribution in [0.1, 0.15) is 50.7 Å². The fraction of sp³-hybridized carbons (Fsp3) is 0.619. The highest BCUT2D eigenvalue weighted by atomic mass is 32.2. The number of benzene rings is 1. The van der Waals surface area contributed by atoms with Crippen LogP contribution >= 0.6 is 0 Å². The second-order valence-electron chi connectivity index (χ2n) is 8.30. The monoisotopic (exact) mass is 419 g/mol. The Morgan fingerprint density at radius 2 is 1.79 bits per heavy atom. The number of unbranched alkanes of at least 4 members (excludes halogenated alkanes) is 1. The largest absolute Gasteiger partial charge is 0.340 e. The van der Waals surface area contributed by atoms with E-state index < -0.39 is 10.0 Å². The molecule has 3 aliphatic heterocycles. The number of carbonyl (C=O) groups is 2. The first-order valence-corrected chi connectivity index (χ1v) is 12.0. The lowest BCUT2D eigenvalue weighted by Crippen LogP contribution is -2.50. The maximum Gasteiger partial charge on any atom is 0.243 e. The van der Waals surface area contributed by atoms with Crippen molar-refractivity contribution in [3.63, 3.8) is 0 Å². The second-order valence-corrected chi connectivity index (χ2v) is 10.2.